The van der Waals surface area contributed by atoms with E-state index in [-0.39, 0.29) is 5.92 Å². The SMILES string of the molecule is CCN(CCCc1ccc(C2CC2F)cc1)CCc1ccccc1. The van der Waals surface area contributed by atoms with Gasteiger partial charge in [-0.3, -0.25) is 0 Å². The predicted molar refractivity (Wildman–Crippen MR) is 99.3 cm³/mol. The first-order valence-corrected chi connectivity index (χ1v) is 9.25. The fourth-order valence-electron chi connectivity index (χ4n) is 3.31. The van der Waals surface area contributed by atoms with Crippen LogP contribution in [0.15, 0.2) is 54.6 Å². The molecule has 3 rings (SSSR count). The summed E-state index contributed by atoms with van der Waals surface area (Å²) in [5.41, 5.74) is 3.95. The highest BCUT2D eigenvalue weighted by molar-refractivity contribution is 5.30. The zero-order valence-electron chi connectivity index (χ0n) is 14.6. The van der Waals surface area contributed by atoms with Gasteiger partial charge in [0.2, 0.25) is 0 Å². The van der Waals surface area contributed by atoms with E-state index in [9.17, 15) is 4.39 Å². The molecule has 1 saturated carbocycles. The minimum absolute atomic E-state index is 0.174. The Bertz CT molecular complexity index is 608. The summed E-state index contributed by atoms with van der Waals surface area (Å²) >= 11 is 0. The Morgan fingerprint density at radius 2 is 1.58 bits per heavy atom. The third-order valence-electron chi connectivity index (χ3n) is 5.07. The average molecular weight is 325 g/mol. The van der Waals surface area contributed by atoms with Gasteiger partial charge in [0.05, 0.1) is 0 Å². The monoisotopic (exact) mass is 325 g/mol. The molecule has 0 bridgehead atoms. The number of benzene rings is 2. The van der Waals surface area contributed by atoms with Crippen LogP contribution in [0.1, 0.15) is 42.4 Å². The Morgan fingerprint density at radius 3 is 2.21 bits per heavy atom. The highest BCUT2D eigenvalue weighted by Gasteiger charge is 2.38. The van der Waals surface area contributed by atoms with E-state index in [1.807, 2.05) is 0 Å². The maximum atomic E-state index is 13.1. The lowest BCUT2D eigenvalue weighted by molar-refractivity contribution is 0.288. The maximum Gasteiger partial charge on any atom is 0.108 e. The molecular weight excluding hydrogens is 297 g/mol. The first kappa shape index (κ1) is 17.2. The van der Waals surface area contributed by atoms with E-state index in [0.29, 0.717) is 6.42 Å². The normalized spacial score (nSPS) is 19.6. The second kappa shape index (κ2) is 8.43. The summed E-state index contributed by atoms with van der Waals surface area (Å²) in [6.07, 6.45) is 3.52. The molecule has 2 aromatic carbocycles. The van der Waals surface area contributed by atoms with E-state index in [4.69, 9.17) is 0 Å². The highest BCUT2D eigenvalue weighted by atomic mass is 19.1. The summed E-state index contributed by atoms with van der Waals surface area (Å²) < 4.78 is 13.1. The summed E-state index contributed by atoms with van der Waals surface area (Å²) in [5.74, 6) is 0.174. The van der Waals surface area contributed by atoms with Crippen LogP contribution in [0.4, 0.5) is 4.39 Å². The Labute approximate surface area is 145 Å². The number of nitrogens with zero attached hydrogens (tertiary/aromatic N) is 1. The van der Waals surface area contributed by atoms with Crippen molar-refractivity contribution >= 4 is 0 Å². The molecule has 0 saturated heterocycles. The van der Waals surface area contributed by atoms with Gasteiger partial charge >= 0.3 is 0 Å². The van der Waals surface area contributed by atoms with Gasteiger partial charge < -0.3 is 4.90 Å². The largest absolute Gasteiger partial charge is 0.303 e. The van der Waals surface area contributed by atoms with E-state index >= 15 is 0 Å². The van der Waals surface area contributed by atoms with E-state index in [1.165, 1.54) is 23.1 Å². The molecule has 0 heterocycles. The molecule has 128 valence electrons. The number of likely N-dealkylation sites (N-methyl/N-ethyl adjacent to an activating group) is 1. The fraction of sp³-hybridized carbons (Fsp3) is 0.455. The molecule has 1 nitrogen and oxygen atoms in total. The molecule has 0 aliphatic heterocycles. The standard InChI is InChI=1S/C22H28FN/c1-2-24(16-14-18-7-4-3-5-8-18)15-6-9-19-10-12-20(13-11-19)21-17-22(21)23/h3-5,7-8,10-13,21-22H,2,6,9,14-17H2,1H3. The van der Waals surface area contributed by atoms with Gasteiger partial charge in [0.15, 0.2) is 0 Å². The zero-order chi connectivity index (χ0) is 16.8. The minimum Gasteiger partial charge on any atom is -0.303 e. The molecule has 0 radical (unpaired) electrons. The number of halogens is 1. The second-order valence-electron chi connectivity index (χ2n) is 6.87. The van der Waals surface area contributed by atoms with Crippen LogP contribution in [0.3, 0.4) is 0 Å². The molecule has 2 heteroatoms. The van der Waals surface area contributed by atoms with Crippen molar-refractivity contribution in [3.05, 3.63) is 71.3 Å². The van der Waals surface area contributed by atoms with Crippen LogP contribution in [-0.4, -0.2) is 30.7 Å². The number of hydrogen-bond donors (Lipinski definition) is 0. The molecule has 2 atom stereocenters. The number of alkyl halides is 1. The van der Waals surface area contributed by atoms with Gasteiger partial charge in [0.1, 0.15) is 6.17 Å². The number of rotatable bonds is 9. The van der Waals surface area contributed by atoms with E-state index in [0.717, 1.165) is 32.5 Å². The maximum absolute atomic E-state index is 13.1. The van der Waals surface area contributed by atoms with Crippen molar-refractivity contribution in [2.24, 2.45) is 0 Å². The van der Waals surface area contributed by atoms with Gasteiger partial charge in [-0.25, -0.2) is 4.39 Å². The van der Waals surface area contributed by atoms with Gasteiger partial charge in [-0.2, -0.15) is 0 Å². The molecule has 0 amide bonds. The van der Waals surface area contributed by atoms with Crippen LogP contribution < -0.4 is 0 Å². The minimum atomic E-state index is -0.599. The molecule has 0 N–H and O–H groups in total. The quantitative estimate of drug-likeness (QED) is 0.626. The second-order valence-corrected chi connectivity index (χ2v) is 6.87. The molecule has 0 aromatic heterocycles. The van der Waals surface area contributed by atoms with Gasteiger partial charge in [0, 0.05) is 12.5 Å². The Hall–Kier alpha value is -1.67. The van der Waals surface area contributed by atoms with Crippen molar-refractivity contribution in [2.45, 2.75) is 44.7 Å². The van der Waals surface area contributed by atoms with Crippen LogP contribution in [-0.2, 0) is 12.8 Å². The van der Waals surface area contributed by atoms with Crippen LogP contribution in [0.25, 0.3) is 0 Å². The van der Waals surface area contributed by atoms with Crippen molar-refractivity contribution in [2.75, 3.05) is 19.6 Å². The average Bonchev–Trinajstić information content (AvgIpc) is 3.36. The van der Waals surface area contributed by atoms with Crippen LogP contribution >= 0.6 is 0 Å². The third kappa shape index (κ3) is 4.91. The summed E-state index contributed by atoms with van der Waals surface area (Å²) in [6.45, 7) is 5.60. The van der Waals surface area contributed by atoms with Gasteiger partial charge in [-0.05, 0) is 55.5 Å². The van der Waals surface area contributed by atoms with E-state index in [2.05, 4.69) is 66.4 Å². The lowest BCUT2D eigenvalue weighted by atomic mass is 10.0. The fourth-order valence-corrected chi connectivity index (χ4v) is 3.31. The summed E-state index contributed by atoms with van der Waals surface area (Å²) in [6, 6.07) is 19.3. The topological polar surface area (TPSA) is 3.24 Å². The van der Waals surface area contributed by atoms with Crippen LogP contribution in [0, 0.1) is 0 Å². The summed E-state index contributed by atoms with van der Waals surface area (Å²) in [7, 11) is 0. The Balaban J connectivity index is 1.39. The smallest absolute Gasteiger partial charge is 0.108 e. The molecule has 1 fully saturated rings. The highest BCUT2D eigenvalue weighted by Crippen LogP contribution is 2.43. The van der Waals surface area contributed by atoms with Crippen LogP contribution in [0.2, 0.25) is 0 Å². The van der Waals surface area contributed by atoms with Crippen molar-refractivity contribution in [1.29, 1.82) is 0 Å². The molecule has 24 heavy (non-hydrogen) atoms. The van der Waals surface area contributed by atoms with Crippen molar-refractivity contribution in [3.8, 4) is 0 Å². The first-order chi connectivity index (χ1) is 11.8. The number of hydrogen-bond acceptors (Lipinski definition) is 1. The zero-order valence-corrected chi connectivity index (χ0v) is 14.6. The summed E-state index contributed by atoms with van der Waals surface area (Å²) in [5, 5.41) is 0. The molecule has 2 unspecified atom stereocenters. The molecule has 2 aromatic rings. The predicted octanol–water partition coefficient (Wildman–Crippen LogP) is 5.01. The van der Waals surface area contributed by atoms with Crippen molar-refractivity contribution in [1.82, 2.24) is 4.90 Å². The van der Waals surface area contributed by atoms with Gasteiger partial charge in [-0.1, -0.05) is 61.5 Å². The van der Waals surface area contributed by atoms with Crippen molar-refractivity contribution in [3.63, 3.8) is 0 Å². The first-order valence-electron chi connectivity index (χ1n) is 9.25. The third-order valence-corrected chi connectivity index (χ3v) is 5.07. The van der Waals surface area contributed by atoms with Gasteiger partial charge in [0.25, 0.3) is 0 Å². The van der Waals surface area contributed by atoms with E-state index in [1.54, 1.807) is 0 Å². The Kier molecular flexibility index (Phi) is 6.03. The molecule has 1 aliphatic rings. The lowest BCUT2D eigenvalue weighted by Crippen LogP contribution is -2.27. The molecular formula is C22H28FN. The molecule has 0 spiro atoms. The van der Waals surface area contributed by atoms with Crippen LogP contribution in [0.5, 0.6) is 0 Å². The molecule has 1 aliphatic carbocycles. The summed E-state index contributed by atoms with van der Waals surface area (Å²) in [4.78, 5) is 2.53. The van der Waals surface area contributed by atoms with Crippen molar-refractivity contribution < 1.29 is 4.39 Å². The van der Waals surface area contributed by atoms with E-state index < -0.39 is 6.17 Å². The number of aryl methyl sites for hydroxylation is 1. The lowest BCUT2D eigenvalue weighted by Gasteiger charge is -2.20. The Morgan fingerprint density at radius 1 is 0.917 bits per heavy atom. The van der Waals surface area contributed by atoms with Gasteiger partial charge in [-0.15, -0.1) is 0 Å².